The summed E-state index contributed by atoms with van der Waals surface area (Å²) in [6, 6.07) is 20.3. The molecule has 0 bridgehead atoms. The second-order valence-electron chi connectivity index (χ2n) is 8.17. The number of rotatable bonds is 7. The van der Waals surface area contributed by atoms with Gasteiger partial charge in [-0.2, -0.15) is 0 Å². The van der Waals surface area contributed by atoms with Gasteiger partial charge in [0.25, 0.3) is 0 Å². The normalized spacial score (nSPS) is 14.7. The molecule has 0 unspecified atom stereocenters. The molecule has 0 saturated heterocycles. The molecule has 4 aromatic rings. The quantitative estimate of drug-likeness (QED) is 0.367. The van der Waals surface area contributed by atoms with Crippen LogP contribution in [0.4, 0.5) is 5.95 Å². The van der Waals surface area contributed by atoms with Crippen molar-refractivity contribution in [3.63, 3.8) is 0 Å². The van der Waals surface area contributed by atoms with Crippen LogP contribution in [-0.4, -0.2) is 43.5 Å². The Morgan fingerprint density at radius 1 is 0.944 bits per heavy atom. The number of fused-ring (bicyclic) bond motifs is 3. The number of aromatic nitrogens is 2. The summed E-state index contributed by atoms with van der Waals surface area (Å²) >= 11 is 0. The molecular weight excluding hydrogens is 458 g/mol. The zero-order valence-corrected chi connectivity index (χ0v) is 20.6. The Balaban J connectivity index is 1.85. The Morgan fingerprint density at radius 2 is 1.67 bits per heavy atom. The molecule has 0 radical (unpaired) electrons. The van der Waals surface area contributed by atoms with Gasteiger partial charge >= 0.3 is 5.97 Å². The highest BCUT2D eigenvalue weighted by molar-refractivity contribution is 6.03. The molecule has 0 amide bonds. The number of methoxy groups -OCH3 is 3. The van der Waals surface area contributed by atoms with Gasteiger partial charge < -0.3 is 24.3 Å². The van der Waals surface area contributed by atoms with Crippen LogP contribution >= 0.6 is 0 Å². The maximum atomic E-state index is 13.7. The fourth-order valence-electron chi connectivity index (χ4n) is 4.59. The molecule has 2 heterocycles. The van der Waals surface area contributed by atoms with Crippen LogP contribution in [0, 0.1) is 0 Å². The summed E-state index contributed by atoms with van der Waals surface area (Å²) in [5.41, 5.74) is 4.25. The first kappa shape index (κ1) is 23.3. The molecule has 0 aliphatic carbocycles. The number of carbonyl (C=O) groups is 1. The van der Waals surface area contributed by atoms with Gasteiger partial charge in [-0.05, 0) is 67.1 Å². The lowest BCUT2D eigenvalue weighted by molar-refractivity contribution is -0.138. The van der Waals surface area contributed by atoms with Crippen LogP contribution in [0.5, 0.6) is 17.2 Å². The fourth-order valence-corrected chi connectivity index (χ4v) is 4.59. The van der Waals surface area contributed by atoms with Crippen LogP contribution in [0.25, 0.3) is 16.7 Å². The van der Waals surface area contributed by atoms with Crippen molar-refractivity contribution in [2.45, 2.75) is 13.0 Å². The predicted octanol–water partition coefficient (Wildman–Crippen LogP) is 5.05. The first-order valence-electron chi connectivity index (χ1n) is 11.6. The van der Waals surface area contributed by atoms with Gasteiger partial charge in [0.15, 0.2) is 0 Å². The molecule has 1 aliphatic rings. The monoisotopic (exact) mass is 485 g/mol. The van der Waals surface area contributed by atoms with Crippen LogP contribution in [-0.2, 0) is 9.53 Å². The minimum Gasteiger partial charge on any atom is -0.497 e. The van der Waals surface area contributed by atoms with Crippen molar-refractivity contribution < 1.29 is 23.7 Å². The molecular formula is C28H27N3O5. The van der Waals surface area contributed by atoms with E-state index in [9.17, 15) is 4.79 Å². The second-order valence-corrected chi connectivity index (χ2v) is 8.17. The summed E-state index contributed by atoms with van der Waals surface area (Å²) in [5, 5.41) is 3.41. The summed E-state index contributed by atoms with van der Waals surface area (Å²) < 4.78 is 24.2. The number of para-hydroxylation sites is 2. The van der Waals surface area contributed by atoms with Gasteiger partial charge in [0, 0.05) is 5.56 Å². The smallest absolute Gasteiger partial charge is 0.338 e. The van der Waals surface area contributed by atoms with Gasteiger partial charge in [-0.1, -0.05) is 12.1 Å². The lowest BCUT2D eigenvalue weighted by Crippen LogP contribution is -2.29. The number of nitrogens with zero attached hydrogens (tertiary/aromatic N) is 2. The van der Waals surface area contributed by atoms with E-state index in [-0.39, 0.29) is 6.61 Å². The van der Waals surface area contributed by atoms with Gasteiger partial charge in [0.2, 0.25) is 5.95 Å². The van der Waals surface area contributed by atoms with Crippen molar-refractivity contribution in [3.8, 4) is 17.2 Å². The van der Waals surface area contributed by atoms with Crippen molar-refractivity contribution in [1.82, 2.24) is 9.55 Å². The van der Waals surface area contributed by atoms with Crippen molar-refractivity contribution >= 4 is 28.6 Å². The average molecular weight is 486 g/mol. The van der Waals surface area contributed by atoms with Gasteiger partial charge in [-0.3, -0.25) is 4.57 Å². The maximum absolute atomic E-state index is 13.7. The zero-order chi connectivity index (χ0) is 25.2. The Bertz CT molecular complexity index is 1460. The highest BCUT2D eigenvalue weighted by Crippen LogP contribution is 2.45. The number of imidazole rings is 1. The molecule has 1 aromatic heterocycles. The molecule has 1 aliphatic heterocycles. The van der Waals surface area contributed by atoms with E-state index in [0.29, 0.717) is 34.5 Å². The fraction of sp³-hybridized carbons (Fsp3) is 0.214. The summed E-state index contributed by atoms with van der Waals surface area (Å²) in [5.74, 6) is 2.14. The van der Waals surface area contributed by atoms with E-state index in [1.165, 1.54) is 0 Å². The summed E-state index contributed by atoms with van der Waals surface area (Å²) in [6.07, 6.45) is 0. The number of carbonyl (C=O) groups excluding carboxylic acids is 1. The average Bonchev–Trinajstić information content (AvgIpc) is 3.30. The number of hydrogen-bond acceptors (Lipinski definition) is 7. The molecule has 8 heteroatoms. The molecule has 0 spiro atoms. The number of anilines is 1. The molecule has 0 saturated carbocycles. The number of nitrogens with one attached hydrogen (secondary N) is 1. The second kappa shape index (κ2) is 9.65. The minimum absolute atomic E-state index is 0.234. The van der Waals surface area contributed by atoms with E-state index in [0.717, 1.165) is 22.2 Å². The SMILES string of the molecule is CCOC(=O)C1=C(c2ccc(OC)cc2)Nc2nc3ccccc3n2[C@@H]1c1cc(OC)ccc1OC. The molecule has 184 valence electrons. The Kier molecular flexibility index (Phi) is 6.25. The first-order valence-corrected chi connectivity index (χ1v) is 11.6. The number of ether oxygens (including phenoxy) is 4. The van der Waals surface area contributed by atoms with Crippen LogP contribution < -0.4 is 19.5 Å². The zero-order valence-electron chi connectivity index (χ0n) is 20.6. The Labute approximate surface area is 209 Å². The third kappa shape index (κ3) is 3.90. The molecule has 0 fully saturated rings. The van der Waals surface area contributed by atoms with E-state index in [2.05, 4.69) is 5.32 Å². The van der Waals surface area contributed by atoms with Gasteiger partial charge in [0.05, 0.1) is 50.2 Å². The number of esters is 1. The van der Waals surface area contributed by atoms with Crippen LogP contribution in [0.3, 0.4) is 0 Å². The van der Waals surface area contributed by atoms with E-state index in [1.807, 2.05) is 71.3 Å². The number of benzene rings is 3. The first-order chi connectivity index (χ1) is 17.6. The summed E-state index contributed by atoms with van der Waals surface area (Å²) in [4.78, 5) is 18.5. The van der Waals surface area contributed by atoms with Gasteiger partial charge in [0.1, 0.15) is 23.3 Å². The lowest BCUT2D eigenvalue weighted by atomic mass is 9.91. The Morgan fingerprint density at radius 3 is 2.36 bits per heavy atom. The van der Waals surface area contributed by atoms with Crippen molar-refractivity contribution in [2.24, 2.45) is 0 Å². The molecule has 5 rings (SSSR count). The standard InChI is InChI=1S/C28H27N3O5/c1-5-36-27(32)24-25(17-10-12-18(33-2)13-11-17)30-28-29-21-8-6-7-9-22(21)31(28)26(24)20-16-19(34-3)14-15-23(20)35-4/h6-16,26H,5H2,1-4H3,(H,29,30)/t26-/m1/s1. The topological polar surface area (TPSA) is 83.8 Å². The van der Waals surface area contributed by atoms with E-state index < -0.39 is 12.0 Å². The van der Waals surface area contributed by atoms with Crippen molar-refractivity contribution in [2.75, 3.05) is 33.3 Å². The van der Waals surface area contributed by atoms with E-state index in [1.54, 1.807) is 28.3 Å². The van der Waals surface area contributed by atoms with Crippen molar-refractivity contribution in [1.29, 1.82) is 0 Å². The van der Waals surface area contributed by atoms with Crippen LogP contribution in [0.15, 0.2) is 72.3 Å². The third-order valence-electron chi connectivity index (χ3n) is 6.24. The summed E-state index contributed by atoms with van der Waals surface area (Å²) in [7, 11) is 4.83. The molecule has 3 aromatic carbocycles. The minimum atomic E-state index is -0.602. The Hall–Kier alpha value is -4.46. The predicted molar refractivity (Wildman–Crippen MR) is 138 cm³/mol. The largest absolute Gasteiger partial charge is 0.497 e. The maximum Gasteiger partial charge on any atom is 0.338 e. The molecule has 1 N–H and O–H groups in total. The van der Waals surface area contributed by atoms with E-state index in [4.69, 9.17) is 23.9 Å². The van der Waals surface area contributed by atoms with Crippen molar-refractivity contribution in [3.05, 3.63) is 83.4 Å². The van der Waals surface area contributed by atoms with E-state index >= 15 is 0 Å². The van der Waals surface area contributed by atoms with Crippen LogP contribution in [0.1, 0.15) is 24.1 Å². The van der Waals surface area contributed by atoms with Crippen LogP contribution in [0.2, 0.25) is 0 Å². The summed E-state index contributed by atoms with van der Waals surface area (Å²) in [6.45, 7) is 2.03. The third-order valence-corrected chi connectivity index (χ3v) is 6.24. The molecule has 36 heavy (non-hydrogen) atoms. The molecule has 1 atom stereocenters. The highest BCUT2D eigenvalue weighted by atomic mass is 16.5. The van der Waals surface area contributed by atoms with Gasteiger partial charge in [-0.15, -0.1) is 0 Å². The highest BCUT2D eigenvalue weighted by Gasteiger charge is 2.38. The number of hydrogen-bond donors (Lipinski definition) is 1. The molecule has 8 nitrogen and oxygen atoms in total. The van der Waals surface area contributed by atoms with Gasteiger partial charge in [-0.25, -0.2) is 9.78 Å². The lowest BCUT2D eigenvalue weighted by Gasteiger charge is -2.32.